The lowest BCUT2D eigenvalue weighted by molar-refractivity contribution is -0.0182. The molecule has 1 aliphatic carbocycles. The molecule has 2 aliphatic rings. The van der Waals surface area contributed by atoms with Crippen molar-refractivity contribution in [3.05, 3.63) is 0 Å². The van der Waals surface area contributed by atoms with Gasteiger partial charge in [-0.15, -0.1) is 0 Å². The molecule has 1 saturated carbocycles. The third kappa shape index (κ3) is 3.32. The van der Waals surface area contributed by atoms with Crippen molar-refractivity contribution in [3.8, 4) is 0 Å². The molecule has 1 saturated heterocycles. The van der Waals surface area contributed by atoms with Gasteiger partial charge in [0.1, 0.15) is 0 Å². The summed E-state index contributed by atoms with van der Waals surface area (Å²) >= 11 is 0. The van der Waals surface area contributed by atoms with Crippen LogP contribution >= 0.6 is 0 Å². The van der Waals surface area contributed by atoms with E-state index in [0.717, 1.165) is 18.4 Å². The maximum Gasteiger partial charge on any atom is 0.0337 e. The SMILES string of the molecule is CC1CC(C)CC(CN)(N2CCN(C(C)C)CC2)C1. The summed E-state index contributed by atoms with van der Waals surface area (Å²) in [4.78, 5) is 5.31. The van der Waals surface area contributed by atoms with Gasteiger partial charge < -0.3 is 5.73 Å². The fraction of sp³-hybridized carbons (Fsp3) is 1.00. The Morgan fingerprint density at radius 2 is 1.58 bits per heavy atom. The number of nitrogens with zero attached hydrogens (tertiary/aromatic N) is 2. The van der Waals surface area contributed by atoms with Gasteiger partial charge in [-0.25, -0.2) is 0 Å². The van der Waals surface area contributed by atoms with E-state index in [9.17, 15) is 0 Å². The Bertz CT molecular complexity index is 272. The van der Waals surface area contributed by atoms with E-state index in [1.807, 2.05) is 0 Å². The molecule has 2 atom stereocenters. The Kier molecular flexibility index (Phi) is 4.91. The second-order valence-electron chi connectivity index (χ2n) is 7.40. The maximum atomic E-state index is 6.23. The zero-order chi connectivity index (χ0) is 14.0. The first-order chi connectivity index (χ1) is 8.97. The summed E-state index contributed by atoms with van der Waals surface area (Å²) in [7, 11) is 0. The molecule has 2 fully saturated rings. The van der Waals surface area contributed by atoms with Crippen molar-refractivity contribution >= 4 is 0 Å². The van der Waals surface area contributed by atoms with Gasteiger partial charge in [-0.05, 0) is 44.9 Å². The van der Waals surface area contributed by atoms with Gasteiger partial charge in [0.15, 0.2) is 0 Å². The van der Waals surface area contributed by atoms with Gasteiger partial charge in [-0.3, -0.25) is 9.80 Å². The molecule has 2 unspecified atom stereocenters. The number of nitrogens with two attached hydrogens (primary N) is 1. The summed E-state index contributed by atoms with van der Waals surface area (Å²) in [6.07, 6.45) is 3.98. The molecule has 112 valence electrons. The van der Waals surface area contributed by atoms with Crippen molar-refractivity contribution in [2.45, 2.75) is 58.5 Å². The van der Waals surface area contributed by atoms with Crippen LogP contribution in [-0.4, -0.2) is 54.1 Å². The molecule has 0 amide bonds. The largest absolute Gasteiger partial charge is 0.329 e. The van der Waals surface area contributed by atoms with Crippen LogP contribution in [0, 0.1) is 11.8 Å². The highest BCUT2D eigenvalue weighted by molar-refractivity contribution is 4.99. The molecule has 1 aliphatic heterocycles. The zero-order valence-electron chi connectivity index (χ0n) is 13.4. The fourth-order valence-electron chi connectivity index (χ4n) is 4.50. The molecule has 0 aromatic carbocycles. The average molecular weight is 267 g/mol. The van der Waals surface area contributed by atoms with Crippen LogP contribution in [-0.2, 0) is 0 Å². The normalized spacial score (nSPS) is 38.8. The van der Waals surface area contributed by atoms with Crippen LogP contribution in [0.3, 0.4) is 0 Å². The van der Waals surface area contributed by atoms with E-state index in [4.69, 9.17) is 5.73 Å². The minimum absolute atomic E-state index is 0.292. The Morgan fingerprint density at radius 3 is 2.00 bits per heavy atom. The van der Waals surface area contributed by atoms with Gasteiger partial charge in [-0.1, -0.05) is 13.8 Å². The van der Waals surface area contributed by atoms with Crippen LogP contribution in [0.5, 0.6) is 0 Å². The molecule has 0 aromatic rings. The average Bonchev–Trinajstić information content (AvgIpc) is 2.37. The highest BCUT2D eigenvalue weighted by atomic mass is 15.3. The van der Waals surface area contributed by atoms with Crippen molar-refractivity contribution in [2.75, 3.05) is 32.7 Å². The van der Waals surface area contributed by atoms with Crippen molar-refractivity contribution in [1.29, 1.82) is 0 Å². The minimum atomic E-state index is 0.292. The van der Waals surface area contributed by atoms with E-state index < -0.39 is 0 Å². The van der Waals surface area contributed by atoms with Gasteiger partial charge in [0.2, 0.25) is 0 Å². The van der Waals surface area contributed by atoms with Gasteiger partial charge in [0.25, 0.3) is 0 Å². The number of rotatable bonds is 3. The highest BCUT2D eigenvalue weighted by Crippen LogP contribution is 2.39. The molecule has 0 aromatic heterocycles. The monoisotopic (exact) mass is 267 g/mol. The third-order valence-corrected chi connectivity index (χ3v) is 5.36. The third-order valence-electron chi connectivity index (χ3n) is 5.36. The molecule has 1 heterocycles. The predicted octanol–water partition coefficient (Wildman–Crippen LogP) is 2.17. The lowest BCUT2D eigenvalue weighted by Gasteiger charge is -2.52. The molecular formula is C16H33N3. The lowest BCUT2D eigenvalue weighted by atomic mass is 9.70. The van der Waals surface area contributed by atoms with Crippen molar-refractivity contribution in [3.63, 3.8) is 0 Å². The Morgan fingerprint density at radius 1 is 1.05 bits per heavy atom. The minimum Gasteiger partial charge on any atom is -0.329 e. The van der Waals surface area contributed by atoms with Crippen molar-refractivity contribution in [1.82, 2.24) is 9.80 Å². The lowest BCUT2D eigenvalue weighted by Crippen LogP contribution is -2.63. The van der Waals surface area contributed by atoms with Crippen LogP contribution in [0.25, 0.3) is 0 Å². The second-order valence-corrected chi connectivity index (χ2v) is 7.40. The molecule has 3 nitrogen and oxygen atoms in total. The summed E-state index contributed by atoms with van der Waals surface area (Å²) < 4.78 is 0. The van der Waals surface area contributed by atoms with Crippen LogP contribution in [0.2, 0.25) is 0 Å². The van der Waals surface area contributed by atoms with Gasteiger partial charge >= 0.3 is 0 Å². The summed E-state index contributed by atoms with van der Waals surface area (Å²) in [5, 5.41) is 0. The Hall–Kier alpha value is -0.120. The van der Waals surface area contributed by atoms with Crippen molar-refractivity contribution in [2.24, 2.45) is 17.6 Å². The van der Waals surface area contributed by atoms with Gasteiger partial charge in [0, 0.05) is 44.3 Å². The van der Waals surface area contributed by atoms with Crippen LogP contribution < -0.4 is 5.73 Å². The van der Waals surface area contributed by atoms with E-state index in [1.54, 1.807) is 0 Å². The first-order valence-corrected chi connectivity index (χ1v) is 8.16. The van der Waals surface area contributed by atoms with Crippen molar-refractivity contribution < 1.29 is 0 Å². The molecule has 19 heavy (non-hydrogen) atoms. The van der Waals surface area contributed by atoms with E-state index in [2.05, 4.69) is 37.5 Å². The molecule has 0 radical (unpaired) electrons. The summed E-state index contributed by atoms with van der Waals surface area (Å²) in [6.45, 7) is 15.1. The standard InChI is InChI=1S/C16H33N3/c1-13(2)18-5-7-19(8-6-18)16(12-17)10-14(3)9-15(4)11-16/h13-15H,5-12,17H2,1-4H3. The van der Waals surface area contributed by atoms with E-state index >= 15 is 0 Å². The quantitative estimate of drug-likeness (QED) is 0.850. The first kappa shape index (κ1) is 15.3. The highest BCUT2D eigenvalue weighted by Gasteiger charge is 2.42. The Balaban J connectivity index is 2.02. The molecule has 0 spiro atoms. The summed E-state index contributed by atoms with van der Waals surface area (Å²) in [5.41, 5.74) is 6.52. The predicted molar refractivity (Wildman–Crippen MR) is 82.2 cm³/mol. The van der Waals surface area contributed by atoms with Crippen LogP contribution in [0.4, 0.5) is 0 Å². The number of hydrogen-bond donors (Lipinski definition) is 1. The summed E-state index contributed by atoms with van der Waals surface area (Å²) in [6, 6.07) is 0.681. The van der Waals surface area contributed by atoms with Gasteiger partial charge in [0.05, 0.1) is 0 Å². The molecule has 2 rings (SSSR count). The first-order valence-electron chi connectivity index (χ1n) is 8.16. The zero-order valence-corrected chi connectivity index (χ0v) is 13.4. The smallest absolute Gasteiger partial charge is 0.0337 e. The van der Waals surface area contributed by atoms with E-state index in [1.165, 1.54) is 45.4 Å². The molecule has 3 heteroatoms. The van der Waals surface area contributed by atoms with E-state index in [-0.39, 0.29) is 0 Å². The van der Waals surface area contributed by atoms with Crippen LogP contribution in [0.1, 0.15) is 47.0 Å². The topological polar surface area (TPSA) is 32.5 Å². The van der Waals surface area contributed by atoms with Gasteiger partial charge in [-0.2, -0.15) is 0 Å². The number of piperazine rings is 1. The molecule has 0 bridgehead atoms. The maximum absolute atomic E-state index is 6.23. The van der Waals surface area contributed by atoms with Crippen LogP contribution in [0.15, 0.2) is 0 Å². The summed E-state index contributed by atoms with van der Waals surface area (Å²) in [5.74, 6) is 1.66. The van der Waals surface area contributed by atoms with E-state index in [0.29, 0.717) is 11.6 Å². The molecule has 2 N–H and O–H groups in total. The fourth-order valence-corrected chi connectivity index (χ4v) is 4.50. The Labute approximate surface area is 119 Å². The number of hydrogen-bond acceptors (Lipinski definition) is 3. The second kappa shape index (κ2) is 6.11. The molecular weight excluding hydrogens is 234 g/mol.